The molecule has 1 heterocycles. The number of hydrogen-bond donors (Lipinski definition) is 2. The average molecular weight is 273 g/mol. The topological polar surface area (TPSA) is 75.4 Å². The molecular formula is C15H19N3O2. The third kappa shape index (κ3) is 2.08. The minimum Gasteiger partial charge on any atom is -0.328 e. The summed E-state index contributed by atoms with van der Waals surface area (Å²) in [6, 6.07) is 9.62. The van der Waals surface area contributed by atoms with Crippen LogP contribution >= 0.6 is 0 Å². The van der Waals surface area contributed by atoms with Gasteiger partial charge in [-0.05, 0) is 31.2 Å². The number of hydrogen-bond acceptors (Lipinski definition) is 3. The number of imide groups is 1. The molecule has 0 bridgehead atoms. The van der Waals surface area contributed by atoms with E-state index >= 15 is 0 Å². The van der Waals surface area contributed by atoms with E-state index in [9.17, 15) is 9.59 Å². The maximum atomic E-state index is 12.3. The zero-order valence-corrected chi connectivity index (χ0v) is 11.3. The highest BCUT2D eigenvalue weighted by Gasteiger charge is 2.53. The van der Waals surface area contributed by atoms with Crippen molar-refractivity contribution in [2.24, 2.45) is 5.73 Å². The van der Waals surface area contributed by atoms with Crippen LogP contribution in [0.5, 0.6) is 0 Å². The molecule has 1 spiro atoms. The van der Waals surface area contributed by atoms with Crippen LogP contribution in [0.1, 0.15) is 31.2 Å². The van der Waals surface area contributed by atoms with Crippen LogP contribution in [-0.4, -0.2) is 28.4 Å². The molecule has 3 N–H and O–H groups in total. The first-order valence-corrected chi connectivity index (χ1v) is 7.04. The molecule has 1 aromatic carbocycles. The zero-order valence-electron chi connectivity index (χ0n) is 11.3. The van der Waals surface area contributed by atoms with Crippen LogP contribution in [0.15, 0.2) is 30.3 Å². The van der Waals surface area contributed by atoms with Crippen LogP contribution in [0.25, 0.3) is 0 Å². The summed E-state index contributed by atoms with van der Waals surface area (Å²) in [5.41, 5.74) is 6.27. The van der Waals surface area contributed by atoms with Crippen molar-refractivity contribution in [2.45, 2.75) is 43.8 Å². The maximum absolute atomic E-state index is 12.3. The highest BCUT2D eigenvalue weighted by atomic mass is 16.2. The lowest BCUT2D eigenvalue weighted by atomic mass is 9.78. The van der Waals surface area contributed by atoms with E-state index in [2.05, 4.69) is 5.32 Å². The summed E-state index contributed by atoms with van der Waals surface area (Å²) in [5, 5.41) is 2.47. The largest absolute Gasteiger partial charge is 0.328 e. The Morgan fingerprint density at radius 3 is 2.50 bits per heavy atom. The molecule has 2 fully saturated rings. The predicted molar refractivity (Wildman–Crippen MR) is 74.7 cm³/mol. The fourth-order valence-corrected chi connectivity index (χ4v) is 3.20. The van der Waals surface area contributed by atoms with E-state index in [4.69, 9.17) is 5.73 Å². The summed E-state index contributed by atoms with van der Waals surface area (Å²) >= 11 is 0. The summed E-state index contributed by atoms with van der Waals surface area (Å²) in [7, 11) is 0. The smallest absolute Gasteiger partial charge is 0.325 e. The Morgan fingerprint density at radius 1 is 1.20 bits per heavy atom. The molecule has 5 nitrogen and oxygen atoms in total. The molecule has 0 atom stereocenters. The molecule has 20 heavy (non-hydrogen) atoms. The molecule has 1 saturated heterocycles. The van der Waals surface area contributed by atoms with Crippen molar-refractivity contribution in [3.8, 4) is 0 Å². The summed E-state index contributed by atoms with van der Waals surface area (Å²) in [5.74, 6) is -0.162. The Morgan fingerprint density at radius 2 is 1.85 bits per heavy atom. The van der Waals surface area contributed by atoms with Crippen LogP contribution in [0, 0.1) is 0 Å². The molecule has 1 aromatic rings. The number of carbonyl (C=O) groups is 2. The van der Waals surface area contributed by atoms with Gasteiger partial charge >= 0.3 is 6.03 Å². The number of amides is 3. The molecule has 0 aromatic heterocycles. The zero-order chi connectivity index (χ0) is 14.2. The quantitative estimate of drug-likeness (QED) is 0.799. The summed E-state index contributed by atoms with van der Waals surface area (Å²) in [6.45, 7) is 0.466. The normalized spacial score (nSPS) is 29.9. The monoisotopic (exact) mass is 273 g/mol. The van der Waals surface area contributed by atoms with Gasteiger partial charge in [-0.3, -0.25) is 10.1 Å². The van der Waals surface area contributed by atoms with E-state index in [0.29, 0.717) is 19.4 Å². The highest BCUT2D eigenvalue weighted by Crippen LogP contribution is 2.37. The Kier molecular flexibility index (Phi) is 3.22. The van der Waals surface area contributed by atoms with Crippen LogP contribution in [0.3, 0.4) is 0 Å². The molecule has 1 aliphatic heterocycles. The third-order valence-corrected chi connectivity index (χ3v) is 4.45. The van der Waals surface area contributed by atoms with Crippen LogP contribution < -0.4 is 11.1 Å². The number of carbonyl (C=O) groups excluding carboxylic acids is 2. The summed E-state index contributed by atoms with van der Waals surface area (Å²) in [4.78, 5) is 26.1. The molecule has 0 unspecified atom stereocenters. The first-order chi connectivity index (χ1) is 9.62. The van der Waals surface area contributed by atoms with Gasteiger partial charge in [-0.25, -0.2) is 4.79 Å². The van der Waals surface area contributed by atoms with E-state index in [1.165, 1.54) is 0 Å². The van der Waals surface area contributed by atoms with Crippen molar-refractivity contribution in [1.29, 1.82) is 0 Å². The lowest BCUT2D eigenvalue weighted by Crippen LogP contribution is -2.53. The fraction of sp³-hybridized carbons (Fsp3) is 0.467. The Balaban J connectivity index is 1.87. The van der Waals surface area contributed by atoms with Gasteiger partial charge in [0.25, 0.3) is 5.91 Å². The summed E-state index contributed by atoms with van der Waals surface area (Å²) < 4.78 is 0. The van der Waals surface area contributed by atoms with E-state index in [1.54, 1.807) is 4.90 Å². The average Bonchev–Trinajstić information content (AvgIpc) is 2.68. The van der Waals surface area contributed by atoms with Gasteiger partial charge in [-0.15, -0.1) is 0 Å². The predicted octanol–water partition coefficient (Wildman–Crippen LogP) is 1.38. The standard InChI is InChI=1S/C15H19N3O2/c16-12-6-8-15(9-7-12)13(19)17-14(20)18(15)10-11-4-2-1-3-5-11/h1-5,12H,6-10,16H2,(H,17,19,20). The number of benzene rings is 1. The van der Waals surface area contributed by atoms with Gasteiger partial charge in [0.05, 0.1) is 0 Å². The van der Waals surface area contributed by atoms with Crippen LogP contribution in [-0.2, 0) is 11.3 Å². The fourth-order valence-electron chi connectivity index (χ4n) is 3.20. The number of rotatable bonds is 2. The van der Waals surface area contributed by atoms with Crippen molar-refractivity contribution >= 4 is 11.9 Å². The first kappa shape index (κ1) is 13.1. The molecule has 3 amide bonds. The van der Waals surface area contributed by atoms with Crippen LogP contribution in [0.4, 0.5) is 4.79 Å². The van der Waals surface area contributed by atoms with Crippen LogP contribution in [0.2, 0.25) is 0 Å². The van der Waals surface area contributed by atoms with Gasteiger partial charge in [0, 0.05) is 12.6 Å². The van der Waals surface area contributed by atoms with Gasteiger partial charge in [0.1, 0.15) is 5.54 Å². The molecular weight excluding hydrogens is 254 g/mol. The van der Waals surface area contributed by atoms with Crippen molar-refractivity contribution in [2.75, 3.05) is 0 Å². The molecule has 5 heteroatoms. The van der Waals surface area contributed by atoms with Gasteiger partial charge < -0.3 is 10.6 Å². The Labute approximate surface area is 118 Å². The lowest BCUT2D eigenvalue weighted by Gasteiger charge is -2.40. The molecule has 0 radical (unpaired) electrons. The highest BCUT2D eigenvalue weighted by molar-refractivity contribution is 6.07. The second-order valence-electron chi connectivity index (χ2n) is 5.70. The van der Waals surface area contributed by atoms with Gasteiger partial charge in [-0.1, -0.05) is 30.3 Å². The van der Waals surface area contributed by atoms with E-state index in [1.807, 2.05) is 30.3 Å². The Hall–Kier alpha value is -1.88. The number of nitrogens with zero attached hydrogens (tertiary/aromatic N) is 1. The molecule has 106 valence electrons. The molecule has 3 rings (SSSR count). The van der Waals surface area contributed by atoms with Gasteiger partial charge in [0.15, 0.2) is 0 Å². The SMILES string of the molecule is NC1CCC2(CC1)C(=O)NC(=O)N2Cc1ccccc1. The molecule has 2 aliphatic rings. The second-order valence-corrected chi connectivity index (χ2v) is 5.70. The number of urea groups is 1. The van der Waals surface area contributed by atoms with Crippen molar-refractivity contribution in [3.05, 3.63) is 35.9 Å². The first-order valence-electron chi connectivity index (χ1n) is 7.04. The van der Waals surface area contributed by atoms with E-state index < -0.39 is 5.54 Å². The minimum absolute atomic E-state index is 0.141. The summed E-state index contributed by atoms with van der Waals surface area (Å²) in [6.07, 6.45) is 2.87. The minimum atomic E-state index is -0.692. The van der Waals surface area contributed by atoms with Crippen molar-refractivity contribution < 1.29 is 9.59 Å². The van der Waals surface area contributed by atoms with Gasteiger partial charge in [0.2, 0.25) is 0 Å². The number of nitrogens with one attached hydrogen (secondary N) is 1. The van der Waals surface area contributed by atoms with E-state index in [-0.39, 0.29) is 18.0 Å². The molecule has 1 aliphatic carbocycles. The third-order valence-electron chi connectivity index (χ3n) is 4.45. The lowest BCUT2D eigenvalue weighted by molar-refractivity contribution is -0.128. The maximum Gasteiger partial charge on any atom is 0.325 e. The molecule has 1 saturated carbocycles. The van der Waals surface area contributed by atoms with E-state index in [0.717, 1.165) is 18.4 Å². The second kappa shape index (κ2) is 4.90. The van der Waals surface area contributed by atoms with Crippen molar-refractivity contribution in [1.82, 2.24) is 10.2 Å². The Bertz CT molecular complexity index is 521. The number of nitrogens with two attached hydrogens (primary N) is 1. The van der Waals surface area contributed by atoms with Gasteiger partial charge in [-0.2, -0.15) is 0 Å². The van der Waals surface area contributed by atoms with Crippen molar-refractivity contribution in [3.63, 3.8) is 0 Å².